The first-order chi connectivity index (χ1) is 9.17. The lowest BCUT2D eigenvalue weighted by Crippen LogP contribution is -2.20. The van der Waals surface area contributed by atoms with E-state index in [1.54, 1.807) is 11.3 Å². The van der Waals surface area contributed by atoms with E-state index in [-0.39, 0.29) is 0 Å². The van der Waals surface area contributed by atoms with Crippen LogP contribution in [-0.2, 0) is 17.8 Å². The Morgan fingerprint density at radius 2 is 2.47 bits per heavy atom. The Morgan fingerprint density at radius 1 is 1.63 bits per heavy atom. The highest BCUT2D eigenvalue weighted by molar-refractivity contribution is 7.09. The standard InChI is InChI=1S/C14H22N2O2S/c1-2-3-13-15-12(10-19-13)9-16-7-6-11(8-16)4-5-14(17)18/h10-11H,2-9H2,1H3,(H,17,18). The van der Waals surface area contributed by atoms with E-state index in [1.165, 1.54) is 10.7 Å². The van der Waals surface area contributed by atoms with Gasteiger partial charge in [0.2, 0.25) is 0 Å². The Hall–Kier alpha value is -0.940. The van der Waals surface area contributed by atoms with Crippen LogP contribution < -0.4 is 0 Å². The van der Waals surface area contributed by atoms with Crippen LogP contribution in [0.15, 0.2) is 5.38 Å². The molecule has 1 aromatic rings. The van der Waals surface area contributed by atoms with Crippen LogP contribution in [0.3, 0.4) is 0 Å². The predicted octanol–water partition coefficient (Wildman–Crippen LogP) is 2.78. The zero-order valence-corrected chi connectivity index (χ0v) is 12.3. The Morgan fingerprint density at radius 3 is 3.21 bits per heavy atom. The molecule has 4 nitrogen and oxygen atoms in total. The van der Waals surface area contributed by atoms with Crippen molar-refractivity contribution < 1.29 is 9.90 Å². The van der Waals surface area contributed by atoms with Gasteiger partial charge in [0, 0.05) is 24.9 Å². The van der Waals surface area contributed by atoms with Crippen LogP contribution in [-0.4, -0.2) is 34.0 Å². The number of carboxylic acid groups (broad SMARTS) is 1. The van der Waals surface area contributed by atoms with Crippen molar-refractivity contribution in [3.05, 3.63) is 16.1 Å². The lowest BCUT2D eigenvalue weighted by molar-refractivity contribution is -0.137. The van der Waals surface area contributed by atoms with Crippen molar-refractivity contribution in [3.8, 4) is 0 Å². The number of hydrogen-bond donors (Lipinski definition) is 1. The molecule has 0 spiro atoms. The molecule has 1 fully saturated rings. The summed E-state index contributed by atoms with van der Waals surface area (Å²) in [4.78, 5) is 17.6. The van der Waals surface area contributed by atoms with Crippen molar-refractivity contribution in [2.24, 2.45) is 5.92 Å². The minimum atomic E-state index is -0.679. The van der Waals surface area contributed by atoms with Crippen molar-refractivity contribution >= 4 is 17.3 Å². The second-order valence-electron chi connectivity index (χ2n) is 5.30. The third-order valence-electron chi connectivity index (χ3n) is 3.59. The minimum Gasteiger partial charge on any atom is -0.481 e. The van der Waals surface area contributed by atoms with Gasteiger partial charge in [0.05, 0.1) is 10.7 Å². The van der Waals surface area contributed by atoms with E-state index < -0.39 is 5.97 Å². The highest BCUT2D eigenvalue weighted by Crippen LogP contribution is 2.23. The summed E-state index contributed by atoms with van der Waals surface area (Å²) in [6.07, 6.45) is 4.46. The first kappa shape index (κ1) is 14.5. The summed E-state index contributed by atoms with van der Waals surface area (Å²) < 4.78 is 0. The summed E-state index contributed by atoms with van der Waals surface area (Å²) in [6, 6.07) is 0. The molecule has 0 bridgehead atoms. The summed E-state index contributed by atoms with van der Waals surface area (Å²) >= 11 is 1.76. The molecule has 2 rings (SSSR count). The fraction of sp³-hybridized carbons (Fsp3) is 0.714. The van der Waals surface area contributed by atoms with E-state index >= 15 is 0 Å². The predicted molar refractivity (Wildman–Crippen MR) is 76.4 cm³/mol. The molecular weight excluding hydrogens is 260 g/mol. The third kappa shape index (κ3) is 4.58. The van der Waals surface area contributed by atoms with Crippen LogP contribution in [0.2, 0.25) is 0 Å². The molecule has 19 heavy (non-hydrogen) atoms. The molecule has 1 atom stereocenters. The van der Waals surface area contributed by atoms with Gasteiger partial charge in [-0.3, -0.25) is 9.69 Å². The number of rotatable bonds is 7. The van der Waals surface area contributed by atoms with Gasteiger partial charge in [0.15, 0.2) is 0 Å². The summed E-state index contributed by atoms with van der Waals surface area (Å²) in [5.41, 5.74) is 1.17. The van der Waals surface area contributed by atoms with E-state index in [4.69, 9.17) is 5.11 Å². The molecule has 1 unspecified atom stereocenters. The number of hydrogen-bond acceptors (Lipinski definition) is 4. The van der Waals surface area contributed by atoms with E-state index in [2.05, 4.69) is 22.2 Å². The van der Waals surface area contributed by atoms with E-state index in [0.717, 1.165) is 45.3 Å². The van der Waals surface area contributed by atoms with Crippen molar-refractivity contribution in [1.82, 2.24) is 9.88 Å². The van der Waals surface area contributed by atoms with E-state index in [0.29, 0.717) is 12.3 Å². The molecule has 1 aliphatic heterocycles. The number of aromatic nitrogens is 1. The average Bonchev–Trinajstić information content (AvgIpc) is 2.98. The fourth-order valence-electron chi connectivity index (χ4n) is 2.60. The SMILES string of the molecule is CCCc1nc(CN2CCC(CCC(=O)O)C2)cs1. The molecule has 0 radical (unpaired) electrons. The molecular formula is C14H22N2O2S. The molecule has 1 N–H and O–H groups in total. The first-order valence-corrected chi connectivity index (χ1v) is 7.92. The van der Waals surface area contributed by atoms with Gasteiger partial charge in [-0.25, -0.2) is 4.98 Å². The van der Waals surface area contributed by atoms with Crippen LogP contribution in [0.25, 0.3) is 0 Å². The number of nitrogens with zero attached hydrogens (tertiary/aromatic N) is 2. The molecule has 0 amide bonds. The zero-order chi connectivity index (χ0) is 13.7. The Kier molecular flexibility index (Phi) is 5.34. The molecule has 2 heterocycles. The highest BCUT2D eigenvalue weighted by atomic mass is 32.1. The van der Waals surface area contributed by atoms with Crippen LogP contribution in [0, 0.1) is 5.92 Å². The lowest BCUT2D eigenvalue weighted by atomic mass is 10.0. The van der Waals surface area contributed by atoms with Crippen molar-refractivity contribution in [2.75, 3.05) is 13.1 Å². The normalized spacial score (nSPS) is 19.9. The van der Waals surface area contributed by atoms with Crippen molar-refractivity contribution in [2.45, 2.75) is 45.6 Å². The monoisotopic (exact) mass is 282 g/mol. The number of carbonyl (C=O) groups is 1. The lowest BCUT2D eigenvalue weighted by Gasteiger charge is -2.14. The molecule has 0 saturated carbocycles. The summed E-state index contributed by atoms with van der Waals surface area (Å²) in [7, 11) is 0. The zero-order valence-electron chi connectivity index (χ0n) is 11.5. The van der Waals surface area contributed by atoms with Crippen LogP contribution >= 0.6 is 11.3 Å². The van der Waals surface area contributed by atoms with Gasteiger partial charge in [-0.2, -0.15) is 0 Å². The number of thiazole rings is 1. The van der Waals surface area contributed by atoms with Gasteiger partial charge in [0.25, 0.3) is 0 Å². The highest BCUT2D eigenvalue weighted by Gasteiger charge is 2.23. The maximum Gasteiger partial charge on any atom is 0.303 e. The molecule has 0 aliphatic carbocycles. The third-order valence-corrected chi connectivity index (χ3v) is 4.54. The van der Waals surface area contributed by atoms with Crippen LogP contribution in [0.4, 0.5) is 0 Å². The summed E-state index contributed by atoms with van der Waals surface area (Å²) in [6.45, 7) is 5.19. The van der Waals surface area contributed by atoms with E-state index in [1.807, 2.05) is 0 Å². The van der Waals surface area contributed by atoms with Gasteiger partial charge in [-0.05, 0) is 38.1 Å². The number of aryl methyl sites for hydroxylation is 1. The average molecular weight is 282 g/mol. The second-order valence-corrected chi connectivity index (χ2v) is 6.25. The minimum absolute atomic E-state index is 0.301. The van der Waals surface area contributed by atoms with Gasteiger partial charge in [-0.15, -0.1) is 11.3 Å². The first-order valence-electron chi connectivity index (χ1n) is 7.04. The molecule has 5 heteroatoms. The smallest absolute Gasteiger partial charge is 0.303 e. The van der Waals surface area contributed by atoms with Gasteiger partial charge < -0.3 is 5.11 Å². The van der Waals surface area contributed by atoms with Crippen molar-refractivity contribution in [1.29, 1.82) is 0 Å². The van der Waals surface area contributed by atoms with Gasteiger partial charge >= 0.3 is 5.97 Å². The van der Waals surface area contributed by atoms with Crippen molar-refractivity contribution in [3.63, 3.8) is 0 Å². The van der Waals surface area contributed by atoms with Crippen LogP contribution in [0.1, 0.15) is 43.3 Å². The number of likely N-dealkylation sites (tertiary alicyclic amines) is 1. The number of aliphatic carboxylic acids is 1. The molecule has 106 valence electrons. The van der Waals surface area contributed by atoms with Gasteiger partial charge in [-0.1, -0.05) is 6.92 Å². The number of carboxylic acids is 1. The molecule has 1 aliphatic rings. The maximum atomic E-state index is 10.6. The quantitative estimate of drug-likeness (QED) is 0.835. The summed E-state index contributed by atoms with van der Waals surface area (Å²) in [5, 5.41) is 12.1. The Balaban J connectivity index is 1.76. The van der Waals surface area contributed by atoms with E-state index in [9.17, 15) is 4.79 Å². The molecule has 1 saturated heterocycles. The largest absolute Gasteiger partial charge is 0.481 e. The Labute approximate surface area is 118 Å². The molecule has 0 aromatic carbocycles. The molecule has 1 aromatic heterocycles. The maximum absolute atomic E-state index is 10.6. The van der Waals surface area contributed by atoms with Crippen LogP contribution in [0.5, 0.6) is 0 Å². The topological polar surface area (TPSA) is 53.4 Å². The Bertz CT molecular complexity index is 419. The second kappa shape index (κ2) is 7.01. The fourth-order valence-corrected chi connectivity index (χ4v) is 3.49. The van der Waals surface area contributed by atoms with Gasteiger partial charge in [0.1, 0.15) is 0 Å². The summed E-state index contributed by atoms with van der Waals surface area (Å²) in [5.74, 6) is -0.132.